The molecular formula is C13H21N5. The van der Waals surface area contributed by atoms with Gasteiger partial charge >= 0.3 is 0 Å². The van der Waals surface area contributed by atoms with Crippen LogP contribution in [0, 0.1) is 5.92 Å². The number of nitrogens with zero attached hydrogens (tertiary/aromatic N) is 3. The highest BCUT2D eigenvalue weighted by Crippen LogP contribution is 2.17. The molecule has 0 aliphatic heterocycles. The lowest BCUT2D eigenvalue weighted by Crippen LogP contribution is -2.18. The van der Waals surface area contributed by atoms with Crippen LogP contribution in [0.1, 0.15) is 33.6 Å². The predicted octanol–water partition coefficient (Wildman–Crippen LogP) is 2.55. The summed E-state index contributed by atoms with van der Waals surface area (Å²) in [4.78, 5) is 8.61. The van der Waals surface area contributed by atoms with Crippen LogP contribution in [0.2, 0.25) is 0 Å². The minimum atomic E-state index is 0.363. The monoisotopic (exact) mass is 247 g/mol. The van der Waals surface area contributed by atoms with E-state index in [1.54, 1.807) is 12.4 Å². The summed E-state index contributed by atoms with van der Waals surface area (Å²) >= 11 is 0. The molecule has 0 fully saturated rings. The van der Waals surface area contributed by atoms with Crippen molar-refractivity contribution in [2.45, 2.75) is 39.7 Å². The number of nitrogen functional groups attached to an aromatic ring is 1. The molecule has 0 aliphatic rings. The highest BCUT2D eigenvalue weighted by atomic mass is 15.1. The summed E-state index contributed by atoms with van der Waals surface area (Å²) < 4.78 is 1.89. The van der Waals surface area contributed by atoms with E-state index >= 15 is 0 Å². The maximum absolute atomic E-state index is 5.78. The molecule has 0 amide bonds. The number of imidazole rings is 1. The van der Waals surface area contributed by atoms with E-state index in [2.05, 4.69) is 36.1 Å². The van der Waals surface area contributed by atoms with E-state index in [9.17, 15) is 0 Å². The lowest BCUT2D eigenvalue weighted by molar-refractivity contribution is 0.527. The van der Waals surface area contributed by atoms with E-state index in [4.69, 9.17) is 5.73 Å². The zero-order valence-electron chi connectivity index (χ0n) is 11.2. The summed E-state index contributed by atoms with van der Waals surface area (Å²) in [6.07, 6.45) is 7.70. The Kier molecular flexibility index (Phi) is 3.69. The number of hydrogen-bond donors (Lipinski definition) is 2. The van der Waals surface area contributed by atoms with Gasteiger partial charge < -0.3 is 15.5 Å². The normalized spacial score (nSPS) is 13.1. The van der Waals surface area contributed by atoms with E-state index in [1.807, 2.05) is 10.6 Å². The number of aromatic nitrogens is 3. The summed E-state index contributed by atoms with van der Waals surface area (Å²) in [5.41, 5.74) is 6.60. The number of fused-ring (bicyclic) bond motifs is 1. The van der Waals surface area contributed by atoms with Crippen molar-refractivity contribution in [2.24, 2.45) is 5.92 Å². The van der Waals surface area contributed by atoms with Gasteiger partial charge in [-0.15, -0.1) is 0 Å². The van der Waals surface area contributed by atoms with Crippen molar-refractivity contribution in [1.29, 1.82) is 0 Å². The van der Waals surface area contributed by atoms with Crippen LogP contribution in [0.5, 0.6) is 0 Å². The molecular weight excluding hydrogens is 226 g/mol. The zero-order chi connectivity index (χ0) is 13.1. The van der Waals surface area contributed by atoms with Crippen LogP contribution in [0.25, 0.3) is 5.65 Å². The van der Waals surface area contributed by atoms with Crippen molar-refractivity contribution in [1.82, 2.24) is 14.4 Å². The number of rotatable bonds is 5. The van der Waals surface area contributed by atoms with Crippen LogP contribution < -0.4 is 11.1 Å². The van der Waals surface area contributed by atoms with E-state index in [1.165, 1.54) is 6.42 Å². The highest BCUT2D eigenvalue weighted by Gasteiger charge is 2.09. The first-order valence-corrected chi connectivity index (χ1v) is 6.42. The largest absolute Gasteiger partial charge is 0.382 e. The average Bonchev–Trinajstić information content (AvgIpc) is 2.74. The van der Waals surface area contributed by atoms with Gasteiger partial charge in [0.2, 0.25) is 0 Å². The smallest absolute Gasteiger partial charge is 0.180 e. The quantitative estimate of drug-likeness (QED) is 0.852. The van der Waals surface area contributed by atoms with E-state index in [-0.39, 0.29) is 0 Å². The predicted molar refractivity (Wildman–Crippen MR) is 74.6 cm³/mol. The second-order valence-corrected chi connectivity index (χ2v) is 5.19. The van der Waals surface area contributed by atoms with Gasteiger partial charge in [-0.3, -0.25) is 0 Å². The van der Waals surface area contributed by atoms with Gasteiger partial charge in [0.1, 0.15) is 5.82 Å². The number of nitrogens with one attached hydrogen (secondary N) is 1. The second-order valence-electron chi connectivity index (χ2n) is 5.19. The van der Waals surface area contributed by atoms with E-state index in [0.717, 1.165) is 23.8 Å². The SMILES string of the molecule is CC(C)CCC(C)Nc1nc(N)cn2ccnc12. The Morgan fingerprint density at radius 2 is 2.11 bits per heavy atom. The van der Waals surface area contributed by atoms with Crippen LogP contribution in [0.15, 0.2) is 18.6 Å². The molecule has 5 heteroatoms. The third-order valence-corrected chi connectivity index (χ3v) is 2.95. The summed E-state index contributed by atoms with van der Waals surface area (Å²) in [5.74, 6) is 1.98. The Labute approximate surface area is 107 Å². The van der Waals surface area contributed by atoms with Crippen molar-refractivity contribution in [3.8, 4) is 0 Å². The fraction of sp³-hybridized carbons (Fsp3) is 0.538. The standard InChI is InChI=1S/C13H21N5/c1-9(2)4-5-10(3)16-12-13-15-6-7-18(13)8-11(14)17-12/h6-10H,4-5,14H2,1-3H3,(H,16,17). The minimum Gasteiger partial charge on any atom is -0.382 e. The summed E-state index contributed by atoms with van der Waals surface area (Å²) in [7, 11) is 0. The molecule has 5 nitrogen and oxygen atoms in total. The van der Waals surface area contributed by atoms with Gasteiger partial charge in [-0.25, -0.2) is 9.97 Å². The lowest BCUT2D eigenvalue weighted by Gasteiger charge is -2.16. The second kappa shape index (κ2) is 5.25. The zero-order valence-corrected chi connectivity index (χ0v) is 11.2. The molecule has 0 bridgehead atoms. The molecule has 98 valence electrons. The van der Waals surface area contributed by atoms with E-state index in [0.29, 0.717) is 11.9 Å². The van der Waals surface area contributed by atoms with Gasteiger partial charge in [0.05, 0.1) is 6.20 Å². The fourth-order valence-electron chi connectivity index (χ4n) is 1.94. The maximum atomic E-state index is 5.78. The van der Waals surface area contributed by atoms with Crippen molar-refractivity contribution in [3.63, 3.8) is 0 Å². The first-order chi connectivity index (χ1) is 8.56. The first-order valence-electron chi connectivity index (χ1n) is 6.42. The highest BCUT2D eigenvalue weighted by molar-refractivity contribution is 5.65. The van der Waals surface area contributed by atoms with Crippen molar-refractivity contribution >= 4 is 17.3 Å². The third kappa shape index (κ3) is 2.91. The molecule has 0 saturated heterocycles. The summed E-state index contributed by atoms with van der Waals surface area (Å²) in [6, 6.07) is 0.363. The molecule has 1 unspecified atom stereocenters. The van der Waals surface area contributed by atoms with Crippen LogP contribution in [0.3, 0.4) is 0 Å². The Morgan fingerprint density at radius 3 is 2.83 bits per heavy atom. The number of nitrogens with two attached hydrogens (primary N) is 1. The average molecular weight is 247 g/mol. The van der Waals surface area contributed by atoms with Gasteiger partial charge in [0.25, 0.3) is 0 Å². The van der Waals surface area contributed by atoms with Crippen molar-refractivity contribution < 1.29 is 0 Å². The van der Waals surface area contributed by atoms with Gasteiger partial charge in [0.15, 0.2) is 11.5 Å². The minimum absolute atomic E-state index is 0.363. The van der Waals surface area contributed by atoms with Crippen molar-refractivity contribution in [3.05, 3.63) is 18.6 Å². The molecule has 0 saturated carbocycles. The molecule has 0 aliphatic carbocycles. The van der Waals surface area contributed by atoms with Crippen LogP contribution in [-0.4, -0.2) is 20.4 Å². The molecule has 2 heterocycles. The van der Waals surface area contributed by atoms with Gasteiger partial charge in [-0.05, 0) is 25.7 Å². The fourth-order valence-corrected chi connectivity index (χ4v) is 1.94. The lowest BCUT2D eigenvalue weighted by atomic mass is 10.0. The molecule has 0 radical (unpaired) electrons. The Balaban J connectivity index is 2.13. The molecule has 2 rings (SSSR count). The van der Waals surface area contributed by atoms with Crippen LogP contribution in [-0.2, 0) is 0 Å². The molecule has 2 aromatic rings. The van der Waals surface area contributed by atoms with Gasteiger partial charge in [-0.1, -0.05) is 13.8 Å². The third-order valence-electron chi connectivity index (χ3n) is 2.95. The number of anilines is 2. The molecule has 0 spiro atoms. The Bertz CT molecular complexity index is 517. The van der Waals surface area contributed by atoms with Gasteiger partial charge in [-0.2, -0.15) is 0 Å². The molecule has 18 heavy (non-hydrogen) atoms. The number of hydrogen-bond acceptors (Lipinski definition) is 4. The Morgan fingerprint density at radius 1 is 1.33 bits per heavy atom. The van der Waals surface area contributed by atoms with Crippen LogP contribution >= 0.6 is 0 Å². The molecule has 3 N–H and O–H groups in total. The Hall–Kier alpha value is -1.78. The topological polar surface area (TPSA) is 68.2 Å². The van der Waals surface area contributed by atoms with E-state index < -0.39 is 0 Å². The molecule has 2 aromatic heterocycles. The van der Waals surface area contributed by atoms with Crippen LogP contribution in [0.4, 0.5) is 11.6 Å². The van der Waals surface area contributed by atoms with Gasteiger partial charge in [0, 0.05) is 18.4 Å². The maximum Gasteiger partial charge on any atom is 0.180 e. The molecule has 0 aromatic carbocycles. The summed E-state index contributed by atoms with van der Waals surface area (Å²) in [5, 5.41) is 3.39. The molecule has 1 atom stereocenters. The summed E-state index contributed by atoms with van der Waals surface area (Å²) in [6.45, 7) is 6.63. The first kappa shape index (κ1) is 12.7. The van der Waals surface area contributed by atoms with Crippen molar-refractivity contribution in [2.75, 3.05) is 11.1 Å².